The molecule has 2 fully saturated rings. The molecule has 1 heterocycles. The van der Waals surface area contributed by atoms with E-state index in [1.807, 2.05) is 5.32 Å². The fourth-order valence-electron chi connectivity index (χ4n) is 7.77. The highest BCUT2D eigenvalue weighted by Gasteiger charge is 2.60. The van der Waals surface area contributed by atoms with Gasteiger partial charge in [-0.15, -0.1) is 0 Å². The minimum atomic E-state index is -2.27. The Morgan fingerprint density at radius 1 is 0.892 bits per heavy atom. The number of hydrogen-bond acceptors (Lipinski definition) is 2. The van der Waals surface area contributed by atoms with E-state index in [1.54, 1.807) is 19.1 Å². The van der Waals surface area contributed by atoms with Crippen molar-refractivity contribution < 1.29 is 31.5 Å². The third kappa shape index (κ3) is 3.85. The van der Waals surface area contributed by atoms with Crippen LogP contribution in [0, 0.1) is 58.7 Å². The van der Waals surface area contributed by atoms with Gasteiger partial charge in [-0.25, -0.2) is 22.0 Å². The molecule has 8 heteroatoms. The van der Waals surface area contributed by atoms with E-state index in [9.17, 15) is 26.7 Å². The topological polar surface area (TPSA) is 38.3 Å². The van der Waals surface area contributed by atoms with E-state index in [-0.39, 0.29) is 27.9 Å². The van der Waals surface area contributed by atoms with Gasteiger partial charge in [0.15, 0.2) is 23.3 Å². The molecule has 3 nitrogen and oxygen atoms in total. The SMILES string of the molecule is Cc1cc2c(cc1C(=O)Nc1c(F)c(F)c(F)c(F)c1F)C[C@@H]1[C@@]3(C)CCCC(C)(C)[C@@H]3CC[C@@]1(C)O2. The molecule has 1 N–H and O–H groups in total. The molecule has 0 aromatic heterocycles. The largest absolute Gasteiger partial charge is 0.487 e. The van der Waals surface area contributed by atoms with Crippen molar-refractivity contribution in [2.75, 3.05) is 5.32 Å². The predicted molar refractivity (Wildman–Crippen MR) is 130 cm³/mol. The number of anilines is 1. The van der Waals surface area contributed by atoms with Crippen molar-refractivity contribution in [3.8, 4) is 5.75 Å². The van der Waals surface area contributed by atoms with Crippen LogP contribution in [0.2, 0.25) is 0 Å². The van der Waals surface area contributed by atoms with Crippen LogP contribution in [-0.4, -0.2) is 11.5 Å². The van der Waals surface area contributed by atoms with Gasteiger partial charge in [-0.2, -0.15) is 0 Å². The molecule has 0 spiro atoms. The molecule has 200 valence electrons. The maximum Gasteiger partial charge on any atom is 0.256 e. The van der Waals surface area contributed by atoms with Crippen LogP contribution in [0.3, 0.4) is 0 Å². The van der Waals surface area contributed by atoms with Crippen molar-refractivity contribution in [1.29, 1.82) is 0 Å². The average Bonchev–Trinajstić information content (AvgIpc) is 2.82. The van der Waals surface area contributed by atoms with Crippen molar-refractivity contribution >= 4 is 11.6 Å². The molecule has 1 amide bonds. The number of hydrogen-bond donors (Lipinski definition) is 1. The zero-order chi connectivity index (χ0) is 27.1. The van der Waals surface area contributed by atoms with Gasteiger partial charge in [-0.3, -0.25) is 4.79 Å². The van der Waals surface area contributed by atoms with Crippen LogP contribution in [0.5, 0.6) is 5.75 Å². The Kier molecular flexibility index (Phi) is 5.92. The molecule has 4 atom stereocenters. The number of ether oxygens (including phenoxy) is 1. The molecule has 2 aromatic rings. The smallest absolute Gasteiger partial charge is 0.256 e. The maximum absolute atomic E-state index is 14.2. The van der Waals surface area contributed by atoms with Crippen LogP contribution < -0.4 is 10.1 Å². The molecule has 2 saturated carbocycles. The molecule has 2 aliphatic carbocycles. The van der Waals surface area contributed by atoms with Gasteiger partial charge in [0.05, 0.1) is 0 Å². The lowest BCUT2D eigenvalue weighted by atomic mass is 9.44. The summed E-state index contributed by atoms with van der Waals surface area (Å²) in [5.74, 6) is -10.2. The Labute approximate surface area is 213 Å². The van der Waals surface area contributed by atoms with E-state index in [0.717, 1.165) is 31.2 Å². The Morgan fingerprint density at radius 3 is 2.16 bits per heavy atom. The second-order valence-electron chi connectivity index (χ2n) is 12.3. The van der Waals surface area contributed by atoms with E-state index < -0.39 is 40.7 Å². The van der Waals surface area contributed by atoms with Gasteiger partial charge >= 0.3 is 0 Å². The third-order valence-corrected chi connectivity index (χ3v) is 9.61. The Bertz CT molecular complexity index is 1280. The van der Waals surface area contributed by atoms with Gasteiger partial charge in [-0.1, -0.05) is 27.2 Å². The standard InChI is InChI=1S/C29H32F5NO2/c1-14-11-17-15(12-16(14)26(36)35-25-23(33)21(31)20(30)22(32)24(25)34)13-19-28(4)9-6-8-27(2,3)18(28)7-10-29(19,5)37-17/h11-12,18-19H,6-10,13H2,1-5H3,(H,35,36)/t18-,19+,28-,29+/m0/s1. The molecule has 3 aliphatic rings. The summed E-state index contributed by atoms with van der Waals surface area (Å²) in [6.07, 6.45) is 6.13. The van der Waals surface area contributed by atoms with Crippen molar-refractivity contribution in [3.63, 3.8) is 0 Å². The molecule has 37 heavy (non-hydrogen) atoms. The first-order valence-electron chi connectivity index (χ1n) is 12.8. The molecule has 0 radical (unpaired) electrons. The summed E-state index contributed by atoms with van der Waals surface area (Å²) < 4.78 is 75.7. The molecule has 1 aliphatic heterocycles. The van der Waals surface area contributed by atoms with E-state index in [2.05, 4.69) is 27.7 Å². The van der Waals surface area contributed by atoms with Gasteiger partial charge < -0.3 is 10.1 Å². The highest BCUT2D eigenvalue weighted by atomic mass is 19.2. The van der Waals surface area contributed by atoms with Crippen LogP contribution in [0.4, 0.5) is 27.6 Å². The lowest BCUT2D eigenvalue weighted by molar-refractivity contribution is -0.162. The lowest BCUT2D eigenvalue weighted by Crippen LogP contribution is -2.61. The highest BCUT2D eigenvalue weighted by Crippen LogP contribution is 2.64. The lowest BCUT2D eigenvalue weighted by Gasteiger charge is -2.63. The molecule has 2 aromatic carbocycles. The Morgan fingerprint density at radius 2 is 1.51 bits per heavy atom. The molecule has 0 saturated heterocycles. The van der Waals surface area contributed by atoms with Crippen molar-refractivity contribution in [3.05, 3.63) is 57.9 Å². The van der Waals surface area contributed by atoms with Gasteiger partial charge in [0.25, 0.3) is 5.91 Å². The summed E-state index contributed by atoms with van der Waals surface area (Å²) in [7, 11) is 0. The van der Waals surface area contributed by atoms with Gasteiger partial charge in [0.2, 0.25) is 5.82 Å². The summed E-state index contributed by atoms with van der Waals surface area (Å²) in [4.78, 5) is 13.0. The van der Waals surface area contributed by atoms with Crippen molar-refractivity contribution in [1.82, 2.24) is 0 Å². The molecular weight excluding hydrogens is 489 g/mol. The van der Waals surface area contributed by atoms with E-state index >= 15 is 0 Å². The van der Waals surface area contributed by atoms with Crippen LogP contribution >= 0.6 is 0 Å². The predicted octanol–water partition coefficient (Wildman–Crippen LogP) is 7.88. The molecule has 0 unspecified atom stereocenters. The zero-order valence-electron chi connectivity index (χ0n) is 21.8. The first-order chi connectivity index (χ1) is 17.2. The summed E-state index contributed by atoms with van der Waals surface area (Å²) >= 11 is 0. The molecular formula is C29H32F5NO2. The number of fused-ring (bicyclic) bond motifs is 4. The van der Waals surface area contributed by atoms with Gasteiger partial charge in [-0.05, 0) is 86.0 Å². The number of halogens is 5. The minimum Gasteiger partial charge on any atom is -0.487 e. The highest BCUT2D eigenvalue weighted by molar-refractivity contribution is 6.05. The van der Waals surface area contributed by atoms with Crippen molar-refractivity contribution in [2.24, 2.45) is 22.7 Å². The Hall–Kier alpha value is -2.64. The zero-order valence-corrected chi connectivity index (χ0v) is 21.8. The summed E-state index contributed by atoms with van der Waals surface area (Å²) in [5.41, 5.74) is -0.0691. The quantitative estimate of drug-likeness (QED) is 0.248. The van der Waals surface area contributed by atoms with E-state index in [4.69, 9.17) is 4.74 Å². The van der Waals surface area contributed by atoms with Gasteiger partial charge in [0, 0.05) is 11.5 Å². The number of carbonyl (C=O) groups excluding carboxylic acids is 1. The second-order valence-corrected chi connectivity index (χ2v) is 12.3. The number of nitrogens with one attached hydrogen (secondary N) is 1. The van der Waals surface area contributed by atoms with Crippen LogP contribution in [0.1, 0.15) is 81.3 Å². The fraction of sp³-hybridized carbons (Fsp3) is 0.552. The van der Waals surface area contributed by atoms with Crippen LogP contribution in [0.25, 0.3) is 0 Å². The molecule has 5 rings (SSSR count). The summed E-state index contributed by atoms with van der Waals surface area (Å²) in [6.45, 7) is 10.9. The first-order valence-corrected chi connectivity index (χ1v) is 12.8. The monoisotopic (exact) mass is 521 g/mol. The number of amides is 1. The van der Waals surface area contributed by atoms with Gasteiger partial charge in [0.1, 0.15) is 17.0 Å². The molecule has 0 bridgehead atoms. The van der Waals surface area contributed by atoms with Crippen molar-refractivity contribution in [2.45, 2.75) is 78.7 Å². The number of rotatable bonds is 2. The third-order valence-electron chi connectivity index (χ3n) is 9.61. The average molecular weight is 522 g/mol. The van der Waals surface area contributed by atoms with E-state index in [1.165, 1.54) is 6.42 Å². The summed E-state index contributed by atoms with van der Waals surface area (Å²) in [5, 5.41) is 1.90. The minimum absolute atomic E-state index is 0.0508. The van der Waals surface area contributed by atoms with Crippen LogP contribution in [-0.2, 0) is 6.42 Å². The summed E-state index contributed by atoms with van der Waals surface area (Å²) in [6, 6.07) is 3.36. The number of aryl methyl sites for hydroxylation is 1. The van der Waals surface area contributed by atoms with Crippen LogP contribution in [0.15, 0.2) is 12.1 Å². The Balaban J connectivity index is 1.50. The normalized spacial score (nSPS) is 30.0. The number of carbonyl (C=O) groups is 1. The van der Waals surface area contributed by atoms with E-state index in [0.29, 0.717) is 23.7 Å². The maximum atomic E-state index is 14.2. The second kappa shape index (κ2) is 8.43. The fourth-order valence-corrected chi connectivity index (χ4v) is 7.77. The first kappa shape index (κ1) is 26.0. The number of benzene rings is 2.